The number of aromatic nitrogens is 2. The average molecular weight is 429 g/mol. The van der Waals surface area contributed by atoms with Crippen molar-refractivity contribution in [1.82, 2.24) is 15.0 Å². The van der Waals surface area contributed by atoms with Crippen LogP contribution in [0.1, 0.15) is 16.1 Å². The molecular formula is C20H17ClN4O3S. The molecule has 7 nitrogen and oxygen atoms in total. The molecule has 9 heteroatoms. The van der Waals surface area contributed by atoms with E-state index >= 15 is 0 Å². The fourth-order valence-corrected chi connectivity index (χ4v) is 4.77. The summed E-state index contributed by atoms with van der Waals surface area (Å²) in [4.78, 5) is 21.5. The number of carbonyl (C=O) groups is 1. The Morgan fingerprint density at radius 2 is 2.00 bits per heavy atom. The van der Waals surface area contributed by atoms with Gasteiger partial charge in [0.25, 0.3) is 5.91 Å². The van der Waals surface area contributed by atoms with Crippen LogP contribution in [-0.2, 0) is 0 Å². The summed E-state index contributed by atoms with van der Waals surface area (Å²) in [5, 5.41) is 5.57. The Bertz CT molecular complexity index is 1140. The lowest BCUT2D eigenvalue weighted by Gasteiger charge is -2.34. The molecule has 148 valence electrons. The molecule has 1 fully saturated rings. The molecule has 0 atom stereocenters. The molecule has 1 aliphatic heterocycles. The van der Waals surface area contributed by atoms with Gasteiger partial charge in [0.15, 0.2) is 16.6 Å². The second kappa shape index (κ2) is 7.20. The first-order valence-corrected chi connectivity index (χ1v) is 10.4. The van der Waals surface area contributed by atoms with Gasteiger partial charge in [0.2, 0.25) is 5.76 Å². The third-order valence-corrected chi connectivity index (χ3v) is 6.59. The quantitative estimate of drug-likeness (QED) is 0.479. The van der Waals surface area contributed by atoms with Crippen LogP contribution in [0.5, 0.6) is 0 Å². The van der Waals surface area contributed by atoms with Crippen LogP contribution >= 0.6 is 22.9 Å². The molecule has 0 unspecified atom stereocenters. The van der Waals surface area contributed by atoms with Gasteiger partial charge in [0.05, 0.1) is 21.5 Å². The third kappa shape index (κ3) is 3.28. The number of fused-ring (bicyclic) bond motifs is 1. The number of benzene rings is 1. The maximum atomic E-state index is 12.8. The number of carbonyl (C=O) groups excluding carboxylic acids is 1. The van der Waals surface area contributed by atoms with Gasteiger partial charge in [0.1, 0.15) is 0 Å². The lowest BCUT2D eigenvalue weighted by molar-refractivity contribution is 0.0736. The van der Waals surface area contributed by atoms with Crippen molar-refractivity contribution in [3.05, 3.63) is 52.9 Å². The van der Waals surface area contributed by atoms with Gasteiger partial charge >= 0.3 is 0 Å². The zero-order valence-corrected chi connectivity index (χ0v) is 17.2. The Morgan fingerprint density at radius 1 is 1.17 bits per heavy atom. The molecule has 0 saturated carbocycles. The van der Waals surface area contributed by atoms with Crippen LogP contribution < -0.4 is 4.90 Å². The number of amides is 1. The minimum atomic E-state index is -0.144. The Kier molecular flexibility index (Phi) is 4.52. The number of hydrogen-bond acceptors (Lipinski definition) is 7. The van der Waals surface area contributed by atoms with Crippen molar-refractivity contribution in [2.45, 2.75) is 6.92 Å². The summed E-state index contributed by atoms with van der Waals surface area (Å²) in [5.74, 6) is 0.847. The van der Waals surface area contributed by atoms with Crippen LogP contribution in [0.15, 0.2) is 45.5 Å². The summed E-state index contributed by atoms with van der Waals surface area (Å²) in [7, 11) is 0. The molecule has 1 saturated heterocycles. The van der Waals surface area contributed by atoms with E-state index in [-0.39, 0.29) is 11.6 Å². The molecule has 3 aromatic heterocycles. The SMILES string of the molecule is Cc1ccc(Cl)c2sc(N3CCN(C(=O)c4cc(-c5ccco5)on4)CC3)nc12. The third-order valence-electron chi connectivity index (χ3n) is 5.02. The second-order valence-electron chi connectivity index (χ2n) is 6.87. The molecule has 0 radical (unpaired) electrons. The van der Waals surface area contributed by atoms with Gasteiger partial charge in [-0.3, -0.25) is 4.79 Å². The minimum absolute atomic E-state index is 0.144. The number of thiazole rings is 1. The van der Waals surface area contributed by atoms with E-state index in [1.54, 1.807) is 40.7 Å². The fraction of sp³-hybridized carbons (Fsp3) is 0.250. The molecule has 29 heavy (non-hydrogen) atoms. The Morgan fingerprint density at radius 3 is 2.72 bits per heavy atom. The largest absolute Gasteiger partial charge is 0.461 e. The van der Waals surface area contributed by atoms with Crippen molar-refractivity contribution in [2.24, 2.45) is 0 Å². The van der Waals surface area contributed by atoms with E-state index in [4.69, 9.17) is 25.5 Å². The van der Waals surface area contributed by atoms with E-state index in [9.17, 15) is 4.79 Å². The first-order valence-electron chi connectivity index (χ1n) is 9.20. The molecule has 4 aromatic rings. The highest BCUT2D eigenvalue weighted by Gasteiger charge is 2.26. The average Bonchev–Trinajstić information content (AvgIpc) is 3.50. The van der Waals surface area contributed by atoms with Crippen molar-refractivity contribution < 1.29 is 13.7 Å². The number of anilines is 1. The monoisotopic (exact) mass is 428 g/mol. The lowest BCUT2D eigenvalue weighted by atomic mass is 10.2. The normalized spacial score (nSPS) is 14.7. The first kappa shape index (κ1) is 18.2. The number of rotatable bonds is 3. The van der Waals surface area contributed by atoms with E-state index in [1.807, 2.05) is 19.1 Å². The summed E-state index contributed by atoms with van der Waals surface area (Å²) in [6.45, 7) is 4.61. The topological polar surface area (TPSA) is 75.6 Å². The van der Waals surface area contributed by atoms with Gasteiger partial charge in [-0.1, -0.05) is 34.2 Å². The van der Waals surface area contributed by atoms with Gasteiger partial charge < -0.3 is 18.7 Å². The predicted octanol–water partition coefficient (Wildman–Crippen LogP) is 4.47. The number of aryl methyl sites for hydroxylation is 1. The van der Waals surface area contributed by atoms with Crippen LogP contribution in [0.2, 0.25) is 5.02 Å². The molecule has 1 aromatic carbocycles. The zero-order valence-electron chi connectivity index (χ0n) is 15.6. The van der Waals surface area contributed by atoms with Crippen LogP contribution in [-0.4, -0.2) is 47.1 Å². The molecule has 0 aliphatic carbocycles. The van der Waals surface area contributed by atoms with E-state index in [0.717, 1.165) is 25.9 Å². The minimum Gasteiger partial charge on any atom is -0.461 e. The van der Waals surface area contributed by atoms with Crippen LogP contribution in [0.25, 0.3) is 21.7 Å². The van der Waals surface area contributed by atoms with Crippen LogP contribution in [0.4, 0.5) is 5.13 Å². The second-order valence-corrected chi connectivity index (χ2v) is 8.26. The molecule has 4 heterocycles. The van der Waals surface area contributed by atoms with Gasteiger partial charge in [-0.25, -0.2) is 4.98 Å². The summed E-state index contributed by atoms with van der Waals surface area (Å²) in [6, 6.07) is 9.03. The molecule has 1 aliphatic rings. The molecule has 0 spiro atoms. The Labute approximate surface area is 175 Å². The summed E-state index contributed by atoms with van der Waals surface area (Å²) >= 11 is 7.92. The molecule has 5 rings (SSSR count). The number of nitrogens with zero attached hydrogens (tertiary/aromatic N) is 4. The summed E-state index contributed by atoms with van der Waals surface area (Å²) in [6.07, 6.45) is 1.55. The van der Waals surface area contributed by atoms with Gasteiger partial charge in [-0.2, -0.15) is 0 Å². The van der Waals surface area contributed by atoms with Gasteiger partial charge in [-0.15, -0.1) is 0 Å². The highest BCUT2D eigenvalue weighted by Crippen LogP contribution is 2.36. The number of halogens is 1. The number of piperazine rings is 1. The molecule has 0 N–H and O–H groups in total. The summed E-state index contributed by atoms with van der Waals surface area (Å²) in [5.41, 5.74) is 2.34. The van der Waals surface area contributed by atoms with Gasteiger partial charge in [-0.05, 0) is 30.7 Å². The summed E-state index contributed by atoms with van der Waals surface area (Å²) < 4.78 is 11.5. The van der Waals surface area contributed by atoms with Gasteiger partial charge in [0, 0.05) is 32.2 Å². The maximum absolute atomic E-state index is 12.8. The Balaban J connectivity index is 1.29. The van der Waals surface area contributed by atoms with E-state index in [1.165, 1.54) is 0 Å². The molecule has 1 amide bonds. The van der Waals surface area contributed by atoms with E-state index in [2.05, 4.69) is 10.1 Å². The van der Waals surface area contributed by atoms with Crippen molar-refractivity contribution in [1.29, 1.82) is 0 Å². The highest BCUT2D eigenvalue weighted by molar-refractivity contribution is 7.22. The highest BCUT2D eigenvalue weighted by atomic mass is 35.5. The van der Waals surface area contributed by atoms with Crippen molar-refractivity contribution in [3.63, 3.8) is 0 Å². The van der Waals surface area contributed by atoms with Crippen LogP contribution in [0, 0.1) is 6.92 Å². The van der Waals surface area contributed by atoms with Crippen LogP contribution in [0.3, 0.4) is 0 Å². The lowest BCUT2D eigenvalue weighted by Crippen LogP contribution is -2.48. The number of furan rings is 1. The van der Waals surface area contributed by atoms with E-state index in [0.29, 0.717) is 37.7 Å². The Hall–Kier alpha value is -2.84. The van der Waals surface area contributed by atoms with Crippen molar-refractivity contribution in [3.8, 4) is 11.5 Å². The molecule has 0 bridgehead atoms. The maximum Gasteiger partial charge on any atom is 0.276 e. The zero-order chi connectivity index (χ0) is 20.0. The smallest absolute Gasteiger partial charge is 0.276 e. The standard InChI is InChI=1S/C20H17ClN4O3S/c1-12-4-5-13(21)18-17(12)22-20(29-18)25-8-6-24(7-9-25)19(26)14-11-16(28-23-14)15-3-2-10-27-15/h2-5,10-11H,6-9H2,1H3. The predicted molar refractivity (Wildman–Crippen MR) is 112 cm³/mol. The number of hydrogen-bond donors (Lipinski definition) is 0. The van der Waals surface area contributed by atoms with Crippen molar-refractivity contribution in [2.75, 3.05) is 31.1 Å². The first-order chi connectivity index (χ1) is 14.1. The van der Waals surface area contributed by atoms with Crippen molar-refractivity contribution >= 4 is 44.2 Å². The molecular weight excluding hydrogens is 412 g/mol. The van der Waals surface area contributed by atoms with E-state index < -0.39 is 0 Å². The fourth-order valence-electron chi connectivity index (χ4n) is 3.40.